The largest absolute Gasteiger partial charge is 0.625 e. The topological polar surface area (TPSA) is 40.1 Å². The molecule has 0 saturated carbocycles. The molecule has 0 aromatic heterocycles. The van der Waals surface area contributed by atoms with E-state index in [2.05, 4.69) is 0 Å². The van der Waals surface area contributed by atoms with Gasteiger partial charge in [0.1, 0.15) is 0 Å². The van der Waals surface area contributed by atoms with Crippen molar-refractivity contribution in [2.24, 2.45) is 0 Å². The summed E-state index contributed by atoms with van der Waals surface area (Å²) >= 11 is 0. The third-order valence-corrected chi connectivity index (χ3v) is 3.28. The Morgan fingerprint density at radius 2 is 1.81 bits per heavy atom. The third kappa shape index (κ3) is 2.01. The monoisotopic (exact) mass is 219 g/mol. The van der Waals surface area contributed by atoms with Gasteiger partial charge >= 0.3 is 5.91 Å². The summed E-state index contributed by atoms with van der Waals surface area (Å²) in [4.78, 5) is 12.2. The molecule has 0 radical (unpaired) electrons. The van der Waals surface area contributed by atoms with Gasteiger partial charge in [0.05, 0.1) is 18.7 Å². The average molecular weight is 219 g/mol. The molecule has 1 aliphatic heterocycles. The number of quaternary nitrogens is 1. The molecule has 16 heavy (non-hydrogen) atoms. The predicted molar refractivity (Wildman–Crippen MR) is 62.7 cm³/mol. The van der Waals surface area contributed by atoms with Gasteiger partial charge in [-0.1, -0.05) is 18.2 Å². The number of aryl methyl sites for hydroxylation is 1. The molecule has 2 rings (SSSR count). The van der Waals surface area contributed by atoms with Crippen LogP contribution in [0.3, 0.4) is 0 Å². The van der Waals surface area contributed by atoms with Crippen molar-refractivity contribution in [3.8, 4) is 0 Å². The number of carbonyl (C=O) groups excluding carboxylic acids is 1. The number of likely N-dealkylation sites (tertiary alicyclic amines) is 1. The third-order valence-electron chi connectivity index (χ3n) is 3.28. The Morgan fingerprint density at radius 3 is 2.44 bits per heavy atom. The first-order valence-corrected chi connectivity index (χ1v) is 5.82. The molecule has 0 unspecified atom stereocenters. The molecule has 1 saturated heterocycles. The molecule has 86 valence electrons. The van der Waals surface area contributed by atoms with Crippen LogP contribution in [-0.2, 0) is 0 Å². The molecule has 3 nitrogen and oxygen atoms in total. The Bertz CT molecular complexity index is 395. The van der Waals surface area contributed by atoms with E-state index < -0.39 is 4.65 Å². The first-order valence-electron chi connectivity index (χ1n) is 5.82. The van der Waals surface area contributed by atoms with E-state index in [1.807, 2.05) is 25.1 Å². The van der Waals surface area contributed by atoms with Gasteiger partial charge in [-0.15, -0.1) is 0 Å². The highest BCUT2D eigenvalue weighted by molar-refractivity contribution is 5.90. The van der Waals surface area contributed by atoms with Crippen LogP contribution >= 0.6 is 0 Å². The quantitative estimate of drug-likeness (QED) is 0.538. The first kappa shape index (κ1) is 11.3. The number of carbonyl (C=O) groups is 1. The standard InChI is InChI=1S/C13H17NO2/c1-11-7-3-4-8-12(11)13(15)14(16)9-5-2-6-10-14/h3-4,7-8H,2,5-6,9-10H2,1H3. The molecule has 1 heterocycles. The van der Waals surface area contributed by atoms with Crippen molar-refractivity contribution in [3.05, 3.63) is 40.6 Å². The van der Waals surface area contributed by atoms with Crippen LogP contribution < -0.4 is 0 Å². The van der Waals surface area contributed by atoms with E-state index in [9.17, 15) is 10.0 Å². The molecular weight excluding hydrogens is 202 g/mol. The molecule has 0 N–H and O–H groups in total. The van der Waals surface area contributed by atoms with Crippen molar-refractivity contribution in [1.82, 2.24) is 0 Å². The maximum absolute atomic E-state index is 12.4. The molecule has 1 aromatic rings. The fraction of sp³-hybridized carbons (Fsp3) is 0.462. The molecule has 0 bridgehead atoms. The Hall–Kier alpha value is -1.19. The van der Waals surface area contributed by atoms with E-state index in [4.69, 9.17) is 0 Å². The van der Waals surface area contributed by atoms with E-state index in [0.717, 1.165) is 24.8 Å². The van der Waals surface area contributed by atoms with Crippen LogP contribution in [0.5, 0.6) is 0 Å². The normalized spacial score (nSPS) is 19.4. The summed E-state index contributed by atoms with van der Waals surface area (Å²) in [5, 5.41) is 12.4. The zero-order chi connectivity index (χ0) is 11.6. The van der Waals surface area contributed by atoms with Crippen molar-refractivity contribution < 1.29 is 9.44 Å². The van der Waals surface area contributed by atoms with E-state index in [1.54, 1.807) is 6.07 Å². The number of hydrogen-bond acceptors (Lipinski definition) is 2. The number of benzene rings is 1. The van der Waals surface area contributed by atoms with Crippen molar-refractivity contribution in [2.75, 3.05) is 13.1 Å². The molecule has 3 heteroatoms. The van der Waals surface area contributed by atoms with Gasteiger partial charge in [0, 0.05) is 0 Å². The Morgan fingerprint density at radius 1 is 1.19 bits per heavy atom. The molecule has 0 aliphatic carbocycles. The number of rotatable bonds is 1. The van der Waals surface area contributed by atoms with Gasteiger partial charge in [0.2, 0.25) is 0 Å². The minimum absolute atomic E-state index is 0.266. The Labute approximate surface area is 95.9 Å². The van der Waals surface area contributed by atoms with Crippen molar-refractivity contribution >= 4 is 5.91 Å². The Balaban J connectivity index is 2.28. The fourth-order valence-corrected chi connectivity index (χ4v) is 2.26. The maximum Gasteiger partial charge on any atom is 0.346 e. The van der Waals surface area contributed by atoms with E-state index in [-0.39, 0.29) is 5.91 Å². The summed E-state index contributed by atoms with van der Waals surface area (Å²) in [6.07, 6.45) is 2.80. The maximum atomic E-state index is 12.4. The molecular formula is C13H17NO2. The summed E-state index contributed by atoms with van der Waals surface area (Å²) in [5.74, 6) is -0.266. The number of hydrogen-bond donors (Lipinski definition) is 0. The van der Waals surface area contributed by atoms with Gasteiger partial charge in [-0.3, -0.25) is 4.65 Å². The van der Waals surface area contributed by atoms with E-state index in [1.165, 1.54) is 0 Å². The lowest BCUT2D eigenvalue weighted by atomic mass is 10.0. The molecule has 0 spiro atoms. The second-order valence-corrected chi connectivity index (χ2v) is 4.52. The number of amides is 1. The molecule has 1 fully saturated rings. The van der Waals surface area contributed by atoms with Crippen LogP contribution in [0.2, 0.25) is 0 Å². The van der Waals surface area contributed by atoms with Crippen LogP contribution in [0.15, 0.2) is 24.3 Å². The average Bonchev–Trinajstić information content (AvgIpc) is 2.30. The fourth-order valence-electron chi connectivity index (χ4n) is 2.26. The lowest BCUT2D eigenvalue weighted by Crippen LogP contribution is -2.51. The van der Waals surface area contributed by atoms with Crippen molar-refractivity contribution in [1.29, 1.82) is 0 Å². The molecule has 0 atom stereocenters. The lowest BCUT2D eigenvalue weighted by Gasteiger charge is -2.42. The molecule has 1 aliphatic rings. The van der Waals surface area contributed by atoms with E-state index in [0.29, 0.717) is 18.7 Å². The molecule has 1 amide bonds. The summed E-state index contributed by atoms with van der Waals surface area (Å²) in [6.45, 7) is 2.75. The SMILES string of the molecule is Cc1ccccc1C(=O)[N+]1([O-])CCCCC1. The summed E-state index contributed by atoms with van der Waals surface area (Å²) in [7, 11) is 0. The smallest absolute Gasteiger partial charge is 0.346 e. The van der Waals surface area contributed by atoms with Crippen LogP contribution in [-0.4, -0.2) is 23.6 Å². The Kier molecular flexibility index (Phi) is 3.08. The highest BCUT2D eigenvalue weighted by Crippen LogP contribution is 2.22. The van der Waals surface area contributed by atoms with Crippen LogP contribution in [0.4, 0.5) is 0 Å². The summed E-state index contributed by atoms with van der Waals surface area (Å²) in [6, 6.07) is 7.33. The zero-order valence-corrected chi connectivity index (χ0v) is 9.61. The van der Waals surface area contributed by atoms with Crippen molar-refractivity contribution in [3.63, 3.8) is 0 Å². The van der Waals surface area contributed by atoms with Gasteiger partial charge < -0.3 is 5.21 Å². The summed E-state index contributed by atoms with van der Waals surface area (Å²) in [5.41, 5.74) is 1.48. The zero-order valence-electron chi connectivity index (χ0n) is 9.61. The minimum atomic E-state index is -0.662. The van der Waals surface area contributed by atoms with E-state index >= 15 is 0 Å². The van der Waals surface area contributed by atoms with Crippen LogP contribution in [0.25, 0.3) is 0 Å². The van der Waals surface area contributed by atoms with Gasteiger partial charge in [-0.05, 0) is 37.8 Å². The second kappa shape index (κ2) is 4.36. The lowest BCUT2D eigenvalue weighted by molar-refractivity contribution is -0.803. The van der Waals surface area contributed by atoms with Gasteiger partial charge in [0.15, 0.2) is 0 Å². The van der Waals surface area contributed by atoms with Crippen molar-refractivity contribution in [2.45, 2.75) is 26.2 Å². The number of nitrogens with zero attached hydrogens (tertiary/aromatic N) is 1. The van der Waals surface area contributed by atoms with Gasteiger partial charge in [-0.25, -0.2) is 4.79 Å². The summed E-state index contributed by atoms with van der Waals surface area (Å²) < 4.78 is -0.662. The number of piperidine rings is 1. The van der Waals surface area contributed by atoms with Gasteiger partial charge in [0.25, 0.3) is 0 Å². The predicted octanol–water partition coefficient (Wildman–Crippen LogP) is 2.63. The van der Waals surface area contributed by atoms with Crippen LogP contribution in [0, 0.1) is 12.1 Å². The molecule has 1 aromatic carbocycles. The number of hydroxylamine groups is 3. The highest BCUT2D eigenvalue weighted by Gasteiger charge is 2.31. The first-order chi connectivity index (χ1) is 7.63. The van der Waals surface area contributed by atoms with Crippen LogP contribution in [0.1, 0.15) is 35.2 Å². The minimum Gasteiger partial charge on any atom is -0.625 e. The second-order valence-electron chi connectivity index (χ2n) is 4.52. The van der Waals surface area contributed by atoms with Gasteiger partial charge in [-0.2, -0.15) is 0 Å². The highest BCUT2D eigenvalue weighted by atomic mass is 16.6.